The average Bonchev–Trinajstić information content (AvgIpc) is 2.50. The van der Waals surface area contributed by atoms with Crippen molar-refractivity contribution in [1.82, 2.24) is 0 Å². The third-order valence-corrected chi connectivity index (χ3v) is 3.80. The van der Waals surface area contributed by atoms with Gasteiger partial charge in [-0.2, -0.15) is 0 Å². The van der Waals surface area contributed by atoms with Crippen molar-refractivity contribution in [2.75, 3.05) is 27.1 Å². The molecular weight excluding hydrogens is 322 g/mol. The minimum absolute atomic E-state index is 0.00304. The maximum Gasteiger partial charge on any atom is 0.188 e. The number of ether oxygens (including phenoxy) is 3. The van der Waals surface area contributed by atoms with E-state index in [0.717, 1.165) is 0 Å². The van der Waals surface area contributed by atoms with E-state index in [2.05, 4.69) is 0 Å². The molecule has 6 heteroatoms. The Morgan fingerprint density at radius 2 is 1.92 bits per heavy atom. The van der Waals surface area contributed by atoms with Crippen molar-refractivity contribution in [2.24, 2.45) is 11.1 Å². The lowest BCUT2D eigenvalue weighted by atomic mass is 9.80. The first-order valence-electron chi connectivity index (χ1n) is 8.43. The number of carbonyl (C=O) groups excluding carboxylic acids is 1. The molecule has 0 saturated heterocycles. The van der Waals surface area contributed by atoms with Gasteiger partial charge in [0.25, 0.3) is 0 Å². The molecule has 0 bridgehead atoms. The number of rotatable bonds is 10. The zero-order valence-electron chi connectivity index (χ0n) is 15.9. The van der Waals surface area contributed by atoms with Gasteiger partial charge < -0.3 is 25.1 Å². The number of Topliss-reactive ketones (excluding diaryl/α,β-unsaturated/α-hetero) is 1. The van der Waals surface area contributed by atoms with Crippen LogP contribution in [0, 0.1) is 5.41 Å². The summed E-state index contributed by atoms with van der Waals surface area (Å²) >= 11 is 0. The first-order chi connectivity index (χ1) is 11.6. The van der Waals surface area contributed by atoms with Gasteiger partial charge in [0, 0.05) is 13.5 Å². The Morgan fingerprint density at radius 3 is 2.48 bits per heavy atom. The Labute approximate surface area is 150 Å². The zero-order chi connectivity index (χ0) is 19.1. The van der Waals surface area contributed by atoms with E-state index >= 15 is 0 Å². The summed E-state index contributed by atoms with van der Waals surface area (Å²) < 4.78 is 16.2. The normalized spacial score (nSPS) is 14.2. The summed E-state index contributed by atoms with van der Waals surface area (Å²) in [7, 11) is 1.49. The van der Waals surface area contributed by atoms with Gasteiger partial charge in [-0.3, -0.25) is 4.79 Å². The first kappa shape index (κ1) is 21.4. The lowest BCUT2D eigenvalue weighted by Crippen LogP contribution is -2.34. The highest BCUT2D eigenvalue weighted by Crippen LogP contribution is 2.35. The van der Waals surface area contributed by atoms with Crippen LogP contribution in [-0.4, -0.2) is 43.5 Å². The van der Waals surface area contributed by atoms with Crippen molar-refractivity contribution < 1.29 is 24.1 Å². The number of methoxy groups -OCH3 is 1. The minimum atomic E-state index is -0.431. The summed E-state index contributed by atoms with van der Waals surface area (Å²) in [6.07, 6.45) is 0.831. The van der Waals surface area contributed by atoms with E-state index in [-0.39, 0.29) is 35.9 Å². The topological polar surface area (TPSA) is 91.0 Å². The number of aromatic hydroxyl groups is 1. The van der Waals surface area contributed by atoms with Gasteiger partial charge in [-0.05, 0) is 51.3 Å². The van der Waals surface area contributed by atoms with Crippen molar-refractivity contribution in [3.8, 4) is 11.5 Å². The molecule has 142 valence electrons. The van der Waals surface area contributed by atoms with Crippen molar-refractivity contribution in [1.29, 1.82) is 0 Å². The van der Waals surface area contributed by atoms with E-state index < -0.39 is 5.41 Å². The molecule has 0 radical (unpaired) electrons. The van der Waals surface area contributed by atoms with Crippen LogP contribution in [0.25, 0.3) is 0 Å². The number of ketones is 1. The van der Waals surface area contributed by atoms with Gasteiger partial charge in [-0.25, -0.2) is 0 Å². The van der Waals surface area contributed by atoms with Gasteiger partial charge in [-0.1, -0.05) is 13.0 Å². The molecule has 0 spiro atoms. The van der Waals surface area contributed by atoms with Gasteiger partial charge in [0.2, 0.25) is 0 Å². The first-order valence-corrected chi connectivity index (χ1v) is 8.43. The van der Waals surface area contributed by atoms with Gasteiger partial charge in [0.1, 0.15) is 17.1 Å². The SMILES string of the molecule is COCOc1cccc(O)c1C(=O)CC(C)(CCN)COC(C)(C)C. The van der Waals surface area contributed by atoms with Gasteiger partial charge >= 0.3 is 0 Å². The maximum absolute atomic E-state index is 12.9. The molecule has 1 rings (SSSR count). The molecule has 0 fully saturated rings. The second-order valence-corrected chi connectivity index (χ2v) is 7.55. The van der Waals surface area contributed by atoms with Crippen LogP contribution in [0.3, 0.4) is 0 Å². The summed E-state index contributed by atoms with van der Waals surface area (Å²) in [5.41, 5.74) is 5.17. The summed E-state index contributed by atoms with van der Waals surface area (Å²) in [5.74, 6) is -0.0122. The largest absolute Gasteiger partial charge is 0.507 e. The molecule has 0 aliphatic rings. The van der Waals surface area contributed by atoms with E-state index in [1.54, 1.807) is 12.1 Å². The molecule has 0 aliphatic heterocycles. The quantitative estimate of drug-likeness (QED) is 0.496. The molecule has 1 atom stereocenters. The number of hydrogen-bond acceptors (Lipinski definition) is 6. The van der Waals surface area contributed by atoms with Gasteiger partial charge in [0.05, 0.1) is 12.2 Å². The molecule has 1 unspecified atom stereocenters. The highest BCUT2D eigenvalue weighted by molar-refractivity contribution is 6.01. The molecule has 0 saturated carbocycles. The Kier molecular flexibility index (Phi) is 7.86. The third-order valence-electron chi connectivity index (χ3n) is 3.80. The Hall–Kier alpha value is -1.63. The second-order valence-electron chi connectivity index (χ2n) is 7.55. The van der Waals surface area contributed by atoms with E-state index in [9.17, 15) is 9.90 Å². The highest BCUT2D eigenvalue weighted by atomic mass is 16.7. The predicted octanol–water partition coefficient (Wildman–Crippen LogP) is 3.12. The molecular formula is C19H31NO5. The van der Waals surface area contributed by atoms with E-state index in [1.165, 1.54) is 13.2 Å². The second kappa shape index (κ2) is 9.17. The monoisotopic (exact) mass is 353 g/mol. The van der Waals surface area contributed by atoms with Crippen LogP contribution in [0.5, 0.6) is 11.5 Å². The van der Waals surface area contributed by atoms with Crippen LogP contribution < -0.4 is 10.5 Å². The summed E-state index contributed by atoms with van der Waals surface area (Å²) in [6, 6.07) is 4.73. The molecule has 0 aliphatic carbocycles. The van der Waals surface area contributed by atoms with Crippen LogP contribution >= 0.6 is 0 Å². The fourth-order valence-corrected chi connectivity index (χ4v) is 2.47. The van der Waals surface area contributed by atoms with Crippen LogP contribution in [0.2, 0.25) is 0 Å². The fraction of sp³-hybridized carbons (Fsp3) is 0.632. The number of carbonyl (C=O) groups is 1. The van der Waals surface area contributed by atoms with Crippen LogP contribution in [-0.2, 0) is 9.47 Å². The molecule has 0 heterocycles. The standard InChI is InChI=1S/C19H31NO5/c1-18(2,3)25-12-19(4,9-10-20)11-15(22)17-14(21)7-6-8-16(17)24-13-23-5/h6-8,21H,9-13,20H2,1-5H3. The van der Waals surface area contributed by atoms with Gasteiger partial charge in [-0.15, -0.1) is 0 Å². The lowest BCUT2D eigenvalue weighted by Gasteiger charge is -2.32. The Balaban J connectivity index is 3.00. The molecule has 1 aromatic carbocycles. The smallest absolute Gasteiger partial charge is 0.188 e. The number of phenols is 1. The highest BCUT2D eigenvalue weighted by Gasteiger charge is 2.31. The molecule has 0 amide bonds. The number of hydrogen-bond donors (Lipinski definition) is 2. The van der Waals surface area contributed by atoms with Crippen molar-refractivity contribution in [3.63, 3.8) is 0 Å². The van der Waals surface area contributed by atoms with Crippen molar-refractivity contribution in [2.45, 2.75) is 46.1 Å². The van der Waals surface area contributed by atoms with Crippen LogP contribution in [0.1, 0.15) is 50.9 Å². The predicted molar refractivity (Wildman–Crippen MR) is 97.0 cm³/mol. The Morgan fingerprint density at radius 1 is 1.24 bits per heavy atom. The van der Waals surface area contributed by atoms with E-state index in [1.807, 2.05) is 27.7 Å². The van der Waals surface area contributed by atoms with Crippen molar-refractivity contribution >= 4 is 5.78 Å². The van der Waals surface area contributed by atoms with E-state index in [4.69, 9.17) is 19.9 Å². The number of phenolic OH excluding ortho intramolecular Hbond substituents is 1. The Bertz CT molecular complexity index is 567. The molecule has 0 aromatic heterocycles. The maximum atomic E-state index is 12.9. The van der Waals surface area contributed by atoms with Gasteiger partial charge in [0.15, 0.2) is 12.6 Å². The fourth-order valence-electron chi connectivity index (χ4n) is 2.47. The van der Waals surface area contributed by atoms with Crippen LogP contribution in [0.15, 0.2) is 18.2 Å². The zero-order valence-corrected chi connectivity index (χ0v) is 15.9. The summed E-state index contributed by atoms with van der Waals surface area (Å²) in [5, 5.41) is 10.1. The average molecular weight is 353 g/mol. The summed E-state index contributed by atoms with van der Waals surface area (Å²) in [4.78, 5) is 12.9. The molecule has 6 nitrogen and oxygen atoms in total. The lowest BCUT2D eigenvalue weighted by molar-refractivity contribution is -0.0496. The van der Waals surface area contributed by atoms with E-state index in [0.29, 0.717) is 25.3 Å². The van der Waals surface area contributed by atoms with Crippen molar-refractivity contribution in [3.05, 3.63) is 23.8 Å². The molecule has 25 heavy (non-hydrogen) atoms. The van der Waals surface area contributed by atoms with Crippen LogP contribution in [0.4, 0.5) is 0 Å². The minimum Gasteiger partial charge on any atom is -0.507 e. The summed E-state index contributed by atoms with van der Waals surface area (Å²) in [6.45, 7) is 8.73. The number of benzene rings is 1. The number of nitrogens with two attached hydrogens (primary N) is 1. The molecule has 1 aromatic rings. The third kappa shape index (κ3) is 7.02. The molecule has 3 N–H and O–H groups in total.